The minimum absolute atomic E-state index is 0.0982. The van der Waals surface area contributed by atoms with Gasteiger partial charge in [-0.25, -0.2) is 0 Å². The Hall–Kier alpha value is -1.49. The molecule has 0 heterocycles. The van der Waals surface area contributed by atoms with E-state index >= 15 is 0 Å². The van der Waals surface area contributed by atoms with Crippen LogP contribution < -0.4 is 4.90 Å². The number of anilines is 1. The monoisotopic (exact) mass is 256 g/mol. The van der Waals surface area contributed by atoms with Crippen LogP contribution in [0.25, 0.3) is 0 Å². The average Bonchev–Trinajstić information content (AvgIpc) is 2.43. The number of aryl methyl sites for hydroxylation is 2. The quantitative estimate of drug-likeness (QED) is 0.819. The van der Waals surface area contributed by atoms with Crippen molar-refractivity contribution in [1.82, 2.24) is 0 Å². The second-order valence-corrected chi connectivity index (χ2v) is 6.02. The molecule has 0 bridgehead atoms. The van der Waals surface area contributed by atoms with E-state index in [0.717, 1.165) is 6.54 Å². The van der Waals surface area contributed by atoms with Crippen LogP contribution in [0.15, 0.2) is 18.2 Å². The van der Waals surface area contributed by atoms with Crippen LogP contribution in [0.1, 0.15) is 37.8 Å². The molecule has 1 aliphatic carbocycles. The van der Waals surface area contributed by atoms with Gasteiger partial charge in [0.05, 0.1) is 12.0 Å². The molecule has 1 unspecified atom stereocenters. The van der Waals surface area contributed by atoms with Crippen LogP contribution in [0.4, 0.5) is 5.69 Å². The number of nitriles is 1. The van der Waals surface area contributed by atoms with Crippen LogP contribution >= 0.6 is 0 Å². The van der Waals surface area contributed by atoms with Gasteiger partial charge in [0, 0.05) is 19.3 Å². The molecule has 0 saturated carbocycles. The maximum atomic E-state index is 9.21. The summed E-state index contributed by atoms with van der Waals surface area (Å²) in [5, 5.41) is 9.21. The van der Waals surface area contributed by atoms with Gasteiger partial charge in [0.15, 0.2) is 0 Å². The zero-order valence-corrected chi connectivity index (χ0v) is 12.3. The van der Waals surface area contributed by atoms with E-state index in [0.29, 0.717) is 5.92 Å². The fourth-order valence-electron chi connectivity index (χ4n) is 2.76. The fourth-order valence-corrected chi connectivity index (χ4v) is 2.76. The van der Waals surface area contributed by atoms with Crippen LogP contribution in [0, 0.1) is 23.2 Å². The van der Waals surface area contributed by atoms with Gasteiger partial charge in [0.25, 0.3) is 0 Å². The van der Waals surface area contributed by atoms with Crippen molar-refractivity contribution in [3.8, 4) is 6.07 Å². The summed E-state index contributed by atoms with van der Waals surface area (Å²) in [6, 6.07) is 9.23. The molecular formula is C17H24N2. The Morgan fingerprint density at radius 3 is 2.53 bits per heavy atom. The number of fused-ring (bicyclic) bond motifs is 1. The Bertz CT molecular complexity index is 471. The molecule has 1 aromatic rings. The first-order valence-electron chi connectivity index (χ1n) is 7.34. The first kappa shape index (κ1) is 13.9. The van der Waals surface area contributed by atoms with Gasteiger partial charge in [-0.1, -0.05) is 19.9 Å². The van der Waals surface area contributed by atoms with Crippen molar-refractivity contribution < 1.29 is 0 Å². The highest BCUT2D eigenvalue weighted by molar-refractivity contribution is 5.51. The molecule has 0 saturated heterocycles. The maximum Gasteiger partial charge on any atom is 0.0677 e. The van der Waals surface area contributed by atoms with Crippen molar-refractivity contribution in [1.29, 1.82) is 5.26 Å². The zero-order valence-electron chi connectivity index (χ0n) is 12.3. The van der Waals surface area contributed by atoms with Gasteiger partial charge in [-0.05, 0) is 54.9 Å². The lowest BCUT2D eigenvalue weighted by atomic mass is 9.91. The average molecular weight is 256 g/mol. The van der Waals surface area contributed by atoms with E-state index in [1.54, 1.807) is 0 Å². The van der Waals surface area contributed by atoms with Crippen LogP contribution in [0.2, 0.25) is 0 Å². The molecule has 19 heavy (non-hydrogen) atoms. The molecule has 2 nitrogen and oxygen atoms in total. The van der Waals surface area contributed by atoms with Gasteiger partial charge in [-0.3, -0.25) is 0 Å². The van der Waals surface area contributed by atoms with Gasteiger partial charge >= 0.3 is 0 Å². The number of nitrogens with zero attached hydrogens (tertiary/aromatic N) is 2. The summed E-state index contributed by atoms with van der Waals surface area (Å²) >= 11 is 0. The normalized spacial score (nSPS) is 15.7. The SMILES string of the molecule is CC(C)C(C#N)CN(C)c1ccc2c(c1)CCCC2. The predicted molar refractivity (Wildman–Crippen MR) is 80.3 cm³/mol. The van der Waals surface area contributed by atoms with Crippen LogP contribution in [0.3, 0.4) is 0 Å². The number of hydrogen-bond acceptors (Lipinski definition) is 2. The van der Waals surface area contributed by atoms with E-state index < -0.39 is 0 Å². The van der Waals surface area contributed by atoms with Crippen molar-refractivity contribution in [2.45, 2.75) is 39.5 Å². The van der Waals surface area contributed by atoms with Gasteiger partial charge in [-0.15, -0.1) is 0 Å². The fraction of sp³-hybridized carbons (Fsp3) is 0.588. The highest BCUT2D eigenvalue weighted by Crippen LogP contribution is 2.26. The molecule has 0 aromatic heterocycles. The highest BCUT2D eigenvalue weighted by Gasteiger charge is 2.16. The maximum absolute atomic E-state index is 9.21. The molecule has 0 spiro atoms. The molecule has 1 aromatic carbocycles. The van der Waals surface area contributed by atoms with Gasteiger partial charge in [0.1, 0.15) is 0 Å². The smallest absolute Gasteiger partial charge is 0.0677 e. The van der Waals surface area contributed by atoms with Crippen LogP contribution in [0.5, 0.6) is 0 Å². The topological polar surface area (TPSA) is 27.0 Å². The zero-order chi connectivity index (χ0) is 13.8. The van der Waals surface area contributed by atoms with E-state index in [1.807, 2.05) is 0 Å². The van der Waals surface area contributed by atoms with Crippen molar-refractivity contribution in [2.75, 3.05) is 18.5 Å². The molecule has 0 fully saturated rings. The van der Waals surface area contributed by atoms with Crippen molar-refractivity contribution in [2.24, 2.45) is 11.8 Å². The highest BCUT2D eigenvalue weighted by atomic mass is 15.1. The third-order valence-electron chi connectivity index (χ3n) is 4.21. The Kier molecular flexibility index (Phi) is 4.47. The summed E-state index contributed by atoms with van der Waals surface area (Å²) in [4.78, 5) is 2.22. The summed E-state index contributed by atoms with van der Waals surface area (Å²) in [6.45, 7) is 5.05. The van der Waals surface area contributed by atoms with Crippen LogP contribution in [-0.2, 0) is 12.8 Å². The Labute approximate surface area is 117 Å². The molecule has 0 amide bonds. The number of rotatable bonds is 4. The summed E-state index contributed by atoms with van der Waals surface area (Å²) < 4.78 is 0. The second-order valence-electron chi connectivity index (χ2n) is 6.02. The van der Waals surface area contributed by atoms with Crippen molar-refractivity contribution >= 4 is 5.69 Å². The second kappa shape index (κ2) is 6.10. The Morgan fingerprint density at radius 2 is 1.89 bits per heavy atom. The first-order valence-corrected chi connectivity index (χ1v) is 7.34. The van der Waals surface area contributed by atoms with E-state index in [9.17, 15) is 5.26 Å². The molecule has 1 atom stereocenters. The molecule has 1 aliphatic rings. The van der Waals surface area contributed by atoms with E-state index in [4.69, 9.17) is 0 Å². The predicted octanol–water partition coefficient (Wildman–Crippen LogP) is 3.80. The summed E-state index contributed by atoms with van der Waals surface area (Å²) in [5.74, 6) is 0.506. The summed E-state index contributed by atoms with van der Waals surface area (Å²) in [6.07, 6.45) is 5.08. The van der Waals surface area contributed by atoms with E-state index in [-0.39, 0.29) is 5.92 Å². The lowest BCUT2D eigenvalue weighted by Gasteiger charge is -2.26. The minimum atomic E-state index is 0.0982. The number of hydrogen-bond donors (Lipinski definition) is 0. The molecule has 0 N–H and O–H groups in total. The standard InChI is InChI=1S/C17H24N2/c1-13(2)16(11-18)12-19(3)17-9-8-14-6-4-5-7-15(14)10-17/h8-10,13,16H,4-7,12H2,1-3H3. The molecular weight excluding hydrogens is 232 g/mol. The van der Waals surface area contributed by atoms with E-state index in [2.05, 4.69) is 50.1 Å². The van der Waals surface area contributed by atoms with Crippen molar-refractivity contribution in [3.63, 3.8) is 0 Å². The lowest BCUT2D eigenvalue weighted by molar-refractivity contribution is 0.477. The number of benzene rings is 1. The molecule has 2 rings (SSSR count). The van der Waals surface area contributed by atoms with Crippen molar-refractivity contribution in [3.05, 3.63) is 29.3 Å². The molecule has 0 radical (unpaired) electrons. The van der Waals surface area contributed by atoms with Gasteiger partial charge in [-0.2, -0.15) is 5.26 Å². The lowest BCUT2D eigenvalue weighted by Crippen LogP contribution is -2.27. The van der Waals surface area contributed by atoms with E-state index in [1.165, 1.54) is 42.5 Å². The van der Waals surface area contributed by atoms with Gasteiger partial charge < -0.3 is 4.90 Å². The molecule has 0 aliphatic heterocycles. The molecule has 2 heteroatoms. The largest absolute Gasteiger partial charge is 0.373 e. The first-order chi connectivity index (χ1) is 9.11. The third kappa shape index (κ3) is 3.29. The molecule has 102 valence electrons. The van der Waals surface area contributed by atoms with Crippen LogP contribution in [-0.4, -0.2) is 13.6 Å². The summed E-state index contributed by atoms with van der Waals surface area (Å²) in [5.41, 5.74) is 4.28. The summed E-state index contributed by atoms with van der Waals surface area (Å²) in [7, 11) is 2.09. The van der Waals surface area contributed by atoms with Gasteiger partial charge in [0.2, 0.25) is 0 Å². The minimum Gasteiger partial charge on any atom is -0.373 e. The Morgan fingerprint density at radius 1 is 1.21 bits per heavy atom. The third-order valence-corrected chi connectivity index (χ3v) is 4.21. The Balaban J connectivity index is 2.11.